The highest BCUT2D eigenvalue weighted by Crippen LogP contribution is 2.08. The van der Waals surface area contributed by atoms with Crippen molar-refractivity contribution in [2.24, 2.45) is 4.99 Å². The minimum absolute atomic E-state index is 0.169. The fourth-order valence-electron chi connectivity index (χ4n) is 2.77. The summed E-state index contributed by atoms with van der Waals surface area (Å²) in [6.45, 7) is 1.35. The topological polar surface area (TPSA) is 54.2 Å². The van der Waals surface area contributed by atoms with Crippen molar-refractivity contribution in [2.75, 3.05) is 20.1 Å². The number of nitrogens with one attached hydrogen (secondary N) is 2. The van der Waals surface area contributed by atoms with Gasteiger partial charge in [-0.2, -0.15) is 5.10 Å². The number of rotatable bonds is 7. The molecule has 0 spiro atoms. The van der Waals surface area contributed by atoms with Crippen LogP contribution in [-0.4, -0.2) is 35.9 Å². The Morgan fingerprint density at radius 3 is 2.44 bits per heavy atom. The van der Waals surface area contributed by atoms with E-state index in [4.69, 9.17) is 0 Å². The van der Waals surface area contributed by atoms with Gasteiger partial charge in [-0.1, -0.05) is 36.4 Å². The van der Waals surface area contributed by atoms with Crippen LogP contribution < -0.4 is 10.6 Å². The lowest BCUT2D eigenvalue weighted by Gasteiger charge is -2.11. The molecule has 0 aliphatic heterocycles. The molecular weight excluding hydrogens is 341 g/mol. The van der Waals surface area contributed by atoms with Crippen LogP contribution >= 0.6 is 0 Å². The second-order valence-electron chi connectivity index (χ2n) is 6.15. The molecule has 0 fully saturated rings. The van der Waals surface area contributed by atoms with Gasteiger partial charge in [0, 0.05) is 26.3 Å². The van der Waals surface area contributed by atoms with Crippen LogP contribution in [0.2, 0.25) is 0 Å². The highest BCUT2D eigenvalue weighted by atomic mass is 19.1. The standard InChI is InChI=1S/C21H24FN5/c1-23-21(25-14-12-18-7-5-6-10-20(18)22)24-13-11-17-15-26-27(16-17)19-8-3-2-4-9-19/h2-10,15-16H,11-14H2,1H3,(H2,23,24,25). The minimum atomic E-state index is -0.169. The average molecular weight is 365 g/mol. The first-order valence-corrected chi connectivity index (χ1v) is 9.03. The molecule has 0 bridgehead atoms. The van der Waals surface area contributed by atoms with Crippen molar-refractivity contribution in [1.29, 1.82) is 0 Å². The van der Waals surface area contributed by atoms with Gasteiger partial charge in [-0.15, -0.1) is 0 Å². The van der Waals surface area contributed by atoms with Gasteiger partial charge in [0.2, 0.25) is 0 Å². The van der Waals surface area contributed by atoms with Crippen LogP contribution in [0.4, 0.5) is 4.39 Å². The van der Waals surface area contributed by atoms with Crippen LogP contribution in [0.25, 0.3) is 5.69 Å². The van der Waals surface area contributed by atoms with Crippen molar-refractivity contribution in [3.05, 3.63) is 83.9 Å². The van der Waals surface area contributed by atoms with Gasteiger partial charge in [-0.3, -0.25) is 4.99 Å². The van der Waals surface area contributed by atoms with Gasteiger partial charge >= 0.3 is 0 Å². The maximum Gasteiger partial charge on any atom is 0.190 e. The number of para-hydroxylation sites is 1. The number of aromatic nitrogens is 2. The van der Waals surface area contributed by atoms with E-state index >= 15 is 0 Å². The lowest BCUT2D eigenvalue weighted by molar-refractivity contribution is 0.606. The van der Waals surface area contributed by atoms with Crippen molar-refractivity contribution in [3.8, 4) is 5.69 Å². The van der Waals surface area contributed by atoms with E-state index in [1.54, 1.807) is 19.2 Å². The number of nitrogens with zero attached hydrogens (tertiary/aromatic N) is 3. The molecule has 1 aromatic heterocycles. The van der Waals surface area contributed by atoms with Crippen molar-refractivity contribution >= 4 is 5.96 Å². The van der Waals surface area contributed by atoms with Gasteiger partial charge < -0.3 is 10.6 Å². The Morgan fingerprint density at radius 2 is 1.70 bits per heavy atom. The van der Waals surface area contributed by atoms with Crippen LogP contribution in [0.5, 0.6) is 0 Å². The van der Waals surface area contributed by atoms with Crippen molar-refractivity contribution < 1.29 is 4.39 Å². The van der Waals surface area contributed by atoms with Crippen LogP contribution in [0.15, 0.2) is 72.0 Å². The monoisotopic (exact) mass is 365 g/mol. The normalized spacial score (nSPS) is 11.4. The van der Waals surface area contributed by atoms with E-state index < -0.39 is 0 Å². The predicted octanol–water partition coefficient (Wildman–Crippen LogP) is 2.96. The predicted molar refractivity (Wildman–Crippen MR) is 107 cm³/mol. The first-order chi connectivity index (χ1) is 13.3. The summed E-state index contributed by atoms with van der Waals surface area (Å²) in [5.41, 5.74) is 2.89. The summed E-state index contributed by atoms with van der Waals surface area (Å²) in [6, 6.07) is 16.9. The Morgan fingerprint density at radius 1 is 1.00 bits per heavy atom. The smallest absolute Gasteiger partial charge is 0.190 e. The Labute approximate surface area is 159 Å². The van der Waals surface area contributed by atoms with E-state index in [2.05, 4.69) is 20.7 Å². The van der Waals surface area contributed by atoms with Gasteiger partial charge in [0.25, 0.3) is 0 Å². The molecule has 0 aliphatic carbocycles. The Kier molecular flexibility index (Phi) is 6.57. The molecule has 0 unspecified atom stereocenters. The van der Waals surface area contributed by atoms with Crippen LogP contribution in [0.1, 0.15) is 11.1 Å². The van der Waals surface area contributed by atoms with Crippen molar-refractivity contribution in [2.45, 2.75) is 12.8 Å². The molecule has 2 N–H and O–H groups in total. The lowest BCUT2D eigenvalue weighted by atomic mass is 10.1. The molecule has 3 rings (SSSR count). The molecule has 0 saturated heterocycles. The van der Waals surface area contributed by atoms with E-state index in [0.717, 1.165) is 24.2 Å². The first kappa shape index (κ1) is 18.6. The van der Waals surface area contributed by atoms with E-state index in [-0.39, 0.29) is 5.82 Å². The highest BCUT2D eigenvalue weighted by molar-refractivity contribution is 5.79. The second-order valence-corrected chi connectivity index (χ2v) is 6.15. The van der Waals surface area contributed by atoms with Crippen molar-refractivity contribution in [1.82, 2.24) is 20.4 Å². The summed E-state index contributed by atoms with van der Waals surface area (Å²) in [6.07, 6.45) is 5.35. The molecule has 0 saturated carbocycles. The number of hydrogen-bond donors (Lipinski definition) is 2. The number of halogens is 1. The average Bonchev–Trinajstić information content (AvgIpc) is 3.18. The Bertz CT molecular complexity index is 873. The fraction of sp³-hybridized carbons (Fsp3) is 0.238. The summed E-state index contributed by atoms with van der Waals surface area (Å²) in [4.78, 5) is 4.21. The molecular formula is C21H24FN5. The van der Waals surface area contributed by atoms with Gasteiger partial charge in [0.15, 0.2) is 5.96 Å². The van der Waals surface area contributed by atoms with Gasteiger partial charge in [-0.05, 0) is 42.2 Å². The third kappa shape index (κ3) is 5.41. The molecule has 0 aliphatic rings. The fourth-order valence-corrected chi connectivity index (χ4v) is 2.77. The molecule has 140 valence electrons. The molecule has 0 radical (unpaired) electrons. The summed E-state index contributed by atoms with van der Waals surface area (Å²) >= 11 is 0. The third-order valence-corrected chi connectivity index (χ3v) is 4.23. The number of benzene rings is 2. The van der Waals surface area contributed by atoms with Gasteiger partial charge in [0.1, 0.15) is 5.82 Å². The van der Waals surface area contributed by atoms with E-state index in [0.29, 0.717) is 24.5 Å². The Balaban J connectivity index is 1.42. The molecule has 2 aromatic carbocycles. The van der Waals surface area contributed by atoms with E-state index in [9.17, 15) is 4.39 Å². The van der Waals surface area contributed by atoms with Gasteiger partial charge in [0.05, 0.1) is 11.9 Å². The summed E-state index contributed by atoms with van der Waals surface area (Å²) in [5, 5.41) is 10.9. The summed E-state index contributed by atoms with van der Waals surface area (Å²) in [5.74, 6) is 0.541. The SMILES string of the molecule is CN=C(NCCc1cnn(-c2ccccc2)c1)NCCc1ccccc1F. The largest absolute Gasteiger partial charge is 0.356 e. The molecule has 27 heavy (non-hydrogen) atoms. The summed E-state index contributed by atoms with van der Waals surface area (Å²) in [7, 11) is 1.73. The second kappa shape index (κ2) is 9.52. The zero-order chi connectivity index (χ0) is 18.9. The van der Waals surface area contributed by atoms with Gasteiger partial charge in [-0.25, -0.2) is 9.07 Å². The zero-order valence-corrected chi connectivity index (χ0v) is 15.4. The number of aliphatic imine (C=N–C) groups is 1. The quantitative estimate of drug-likeness (QED) is 0.500. The first-order valence-electron chi connectivity index (χ1n) is 9.03. The van der Waals surface area contributed by atoms with Crippen LogP contribution in [0.3, 0.4) is 0 Å². The number of hydrogen-bond acceptors (Lipinski definition) is 2. The third-order valence-electron chi connectivity index (χ3n) is 4.23. The zero-order valence-electron chi connectivity index (χ0n) is 15.4. The van der Waals surface area contributed by atoms with E-state index in [1.807, 2.05) is 53.5 Å². The molecule has 3 aromatic rings. The summed E-state index contributed by atoms with van der Waals surface area (Å²) < 4.78 is 15.5. The molecule has 5 nitrogen and oxygen atoms in total. The molecule has 1 heterocycles. The van der Waals surface area contributed by atoms with Crippen LogP contribution in [-0.2, 0) is 12.8 Å². The molecule has 0 amide bonds. The number of guanidine groups is 1. The molecule has 0 atom stereocenters. The maximum atomic E-state index is 13.6. The van der Waals surface area contributed by atoms with E-state index in [1.165, 1.54) is 6.07 Å². The van der Waals surface area contributed by atoms with Crippen LogP contribution in [0, 0.1) is 5.82 Å². The maximum absolute atomic E-state index is 13.6. The minimum Gasteiger partial charge on any atom is -0.356 e. The van der Waals surface area contributed by atoms with Crippen molar-refractivity contribution in [3.63, 3.8) is 0 Å². The highest BCUT2D eigenvalue weighted by Gasteiger charge is 2.03. The lowest BCUT2D eigenvalue weighted by Crippen LogP contribution is -2.39. The Hall–Kier alpha value is -3.15. The molecule has 6 heteroatoms.